The number of ether oxygens (including phenoxy) is 1. The lowest BCUT2D eigenvalue weighted by Crippen LogP contribution is -2.19. The summed E-state index contributed by atoms with van der Waals surface area (Å²) in [4.78, 5) is 16.6. The van der Waals surface area contributed by atoms with Gasteiger partial charge in [-0.15, -0.1) is 0 Å². The van der Waals surface area contributed by atoms with E-state index in [4.69, 9.17) is 4.74 Å². The maximum atomic E-state index is 12.1. The molecule has 23 heavy (non-hydrogen) atoms. The average Bonchev–Trinajstić information content (AvgIpc) is 2.96. The van der Waals surface area contributed by atoms with E-state index in [1.54, 1.807) is 19.2 Å². The Kier molecular flexibility index (Phi) is 4.43. The number of hydrogen-bond donors (Lipinski definition) is 2. The molecule has 2 N–H and O–H groups in total. The quantitative estimate of drug-likeness (QED) is 0.741. The molecule has 0 bridgehead atoms. The molecule has 0 aliphatic rings. The predicted molar refractivity (Wildman–Crippen MR) is 94.6 cm³/mol. The molecular formula is C17H17N3O2S. The van der Waals surface area contributed by atoms with Crippen LogP contribution in [0.5, 0.6) is 5.75 Å². The molecular weight excluding hydrogens is 310 g/mol. The summed E-state index contributed by atoms with van der Waals surface area (Å²) >= 11 is 1.46. The number of benzene rings is 2. The molecule has 3 rings (SSSR count). The van der Waals surface area contributed by atoms with Gasteiger partial charge < -0.3 is 10.1 Å². The van der Waals surface area contributed by atoms with Crippen LogP contribution in [0.15, 0.2) is 42.5 Å². The smallest absolute Gasteiger partial charge is 0.325 e. The van der Waals surface area contributed by atoms with Gasteiger partial charge in [-0.3, -0.25) is 5.32 Å². The number of para-hydroxylation sites is 2. The number of fused-ring (bicyclic) bond motifs is 1. The molecule has 0 spiro atoms. The molecule has 0 saturated carbocycles. The molecule has 6 heteroatoms. The van der Waals surface area contributed by atoms with E-state index in [1.807, 2.05) is 18.2 Å². The minimum Gasteiger partial charge on any atom is -0.495 e. The Balaban J connectivity index is 1.75. The lowest BCUT2D eigenvalue weighted by Gasteiger charge is -2.09. The van der Waals surface area contributed by atoms with Gasteiger partial charge in [0, 0.05) is 0 Å². The van der Waals surface area contributed by atoms with Gasteiger partial charge in [0.1, 0.15) is 5.75 Å². The first-order chi connectivity index (χ1) is 11.2. The van der Waals surface area contributed by atoms with Crippen LogP contribution in [0.2, 0.25) is 0 Å². The van der Waals surface area contributed by atoms with Gasteiger partial charge in [-0.25, -0.2) is 9.78 Å². The second kappa shape index (κ2) is 6.66. The molecule has 1 aromatic heterocycles. The summed E-state index contributed by atoms with van der Waals surface area (Å²) in [5, 5.41) is 6.11. The third kappa shape index (κ3) is 3.43. The Morgan fingerprint density at radius 3 is 2.83 bits per heavy atom. The zero-order chi connectivity index (χ0) is 16.2. The summed E-state index contributed by atoms with van der Waals surface area (Å²) in [7, 11) is 1.57. The third-order valence-corrected chi connectivity index (χ3v) is 4.37. The fraction of sp³-hybridized carbons (Fsp3) is 0.176. The Morgan fingerprint density at radius 1 is 1.22 bits per heavy atom. The Bertz CT molecular complexity index is 845. The molecule has 0 aliphatic carbocycles. The first-order valence-electron chi connectivity index (χ1n) is 7.30. The van der Waals surface area contributed by atoms with Crippen molar-refractivity contribution in [3.8, 4) is 5.75 Å². The molecule has 118 valence electrons. The molecule has 0 unspecified atom stereocenters. The highest BCUT2D eigenvalue weighted by molar-refractivity contribution is 7.22. The molecule has 2 aromatic carbocycles. The van der Waals surface area contributed by atoms with Crippen molar-refractivity contribution in [3.05, 3.63) is 48.0 Å². The average molecular weight is 327 g/mol. The summed E-state index contributed by atoms with van der Waals surface area (Å²) in [5.41, 5.74) is 2.76. The van der Waals surface area contributed by atoms with Crippen LogP contribution >= 0.6 is 11.3 Å². The molecule has 0 radical (unpaired) electrons. The van der Waals surface area contributed by atoms with Gasteiger partial charge in [-0.1, -0.05) is 36.5 Å². The summed E-state index contributed by atoms with van der Waals surface area (Å²) in [6.07, 6.45) is 0.977. The number of urea groups is 1. The number of carbonyl (C=O) groups is 1. The number of anilines is 2. The second-order valence-corrected chi connectivity index (χ2v) is 5.98. The van der Waals surface area contributed by atoms with Crippen LogP contribution in [-0.2, 0) is 6.42 Å². The summed E-state index contributed by atoms with van der Waals surface area (Å²) in [5.74, 6) is 0.611. The SMILES string of the molecule is CCc1ccc2nc(NC(=O)Nc3ccccc3OC)sc2c1. The fourth-order valence-corrected chi connectivity index (χ4v) is 3.17. The number of methoxy groups -OCH3 is 1. The first-order valence-corrected chi connectivity index (χ1v) is 8.11. The predicted octanol–water partition coefficient (Wildman–Crippen LogP) is 4.51. The maximum Gasteiger partial charge on any atom is 0.325 e. The lowest BCUT2D eigenvalue weighted by atomic mass is 10.2. The van der Waals surface area contributed by atoms with E-state index in [-0.39, 0.29) is 6.03 Å². The van der Waals surface area contributed by atoms with Crippen molar-refractivity contribution in [1.29, 1.82) is 0 Å². The number of carbonyl (C=O) groups excluding carboxylic acids is 1. The Morgan fingerprint density at radius 2 is 2.04 bits per heavy atom. The zero-order valence-corrected chi connectivity index (χ0v) is 13.7. The number of aryl methyl sites for hydroxylation is 1. The topological polar surface area (TPSA) is 63.2 Å². The van der Waals surface area contributed by atoms with Crippen molar-refractivity contribution in [2.24, 2.45) is 0 Å². The monoisotopic (exact) mass is 327 g/mol. The normalized spacial score (nSPS) is 10.5. The molecule has 0 fully saturated rings. The largest absolute Gasteiger partial charge is 0.495 e. The van der Waals surface area contributed by atoms with Gasteiger partial charge in [0.2, 0.25) is 0 Å². The Hall–Kier alpha value is -2.60. The zero-order valence-electron chi connectivity index (χ0n) is 12.9. The second-order valence-electron chi connectivity index (χ2n) is 4.95. The Labute approximate surface area is 138 Å². The van der Waals surface area contributed by atoms with Gasteiger partial charge in [0.25, 0.3) is 0 Å². The number of amides is 2. The minimum absolute atomic E-state index is 0.343. The number of hydrogen-bond acceptors (Lipinski definition) is 4. The van der Waals surface area contributed by atoms with Crippen molar-refractivity contribution in [3.63, 3.8) is 0 Å². The van der Waals surface area contributed by atoms with Gasteiger partial charge in [-0.05, 0) is 36.2 Å². The highest BCUT2D eigenvalue weighted by Crippen LogP contribution is 2.28. The highest BCUT2D eigenvalue weighted by Gasteiger charge is 2.10. The van der Waals surface area contributed by atoms with Gasteiger partial charge in [-0.2, -0.15) is 0 Å². The van der Waals surface area contributed by atoms with E-state index in [1.165, 1.54) is 16.9 Å². The number of nitrogens with one attached hydrogen (secondary N) is 2. The van der Waals surface area contributed by atoms with E-state index in [0.717, 1.165) is 16.6 Å². The summed E-state index contributed by atoms with van der Waals surface area (Å²) in [6.45, 7) is 2.11. The van der Waals surface area contributed by atoms with Crippen molar-refractivity contribution < 1.29 is 9.53 Å². The lowest BCUT2D eigenvalue weighted by molar-refractivity contribution is 0.262. The molecule has 0 atom stereocenters. The minimum atomic E-state index is -0.343. The van der Waals surface area contributed by atoms with Crippen molar-refractivity contribution >= 4 is 38.4 Å². The number of nitrogens with zero attached hydrogens (tertiary/aromatic N) is 1. The maximum absolute atomic E-state index is 12.1. The number of aromatic nitrogens is 1. The van der Waals surface area contributed by atoms with E-state index in [0.29, 0.717) is 16.6 Å². The van der Waals surface area contributed by atoms with Crippen LogP contribution in [0.4, 0.5) is 15.6 Å². The third-order valence-electron chi connectivity index (χ3n) is 3.44. The van der Waals surface area contributed by atoms with Crippen molar-refractivity contribution in [2.45, 2.75) is 13.3 Å². The van der Waals surface area contributed by atoms with E-state index >= 15 is 0 Å². The number of thiazole rings is 1. The van der Waals surface area contributed by atoms with Crippen LogP contribution in [0, 0.1) is 0 Å². The van der Waals surface area contributed by atoms with Crippen LogP contribution < -0.4 is 15.4 Å². The number of rotatable bonds is 4. The van der Waals surface area contributed by atoms with E-state index in [2.05, 4.69) is 34.7 Å². The standard InChI is InChI=1S/C17H17N3O2S/c1-3-11-8-9-13-15(10-11)23-17(19-13)20-16(21)18-12-6-4-5-7-14(12)22-2/h4-10H,3H2,1-2H3,(H2,18,19,20,21). The van der Waals surface area contributed by atoms with Crippen LogP contribution in [-0.4, -0.2) is 18.1 Å². The fourth-order valence-electron chi connectivity index (χ4n) is 2.24. The van der Waals surface area contributed by atoms with Crippen molar-refractivity contribution in [1.82, 2.24) is 4.98 Å². The molecule has 5 nitrogen and oxygen atoms in total. The van der Waals surface area contributed by atoms with E-state index in [9.17, 15) is 4.79 Å². The van der Waals surface area contributed by atoms with Gasteiger partial charge >= 0.3 is 6.03 Å². The molecule has 0 aliphatic heterocycles. The summed E-state index contributed by atoms with van der Waals surface area (Å²) < 4.78 is 6.28. The van der Waals surface area contributed by atoms with Gasteiger partial charge in [0.05, 0.1) is 23.0 Å². The van der Waals surface area contributed by atoms with Crippen LogP contribution in [0.1, 0.15) is 12.5 Å². The molecule has 1 heterocycles. The van der Waals surface area contributed by atoms with Crippen molar-refractivity contribution in [2.75, 3.05) is 17.7 Å². The molecule has 2 amide bonds. The van der Waals surface area contributed by atoms with Crippen LogP contribution in [0.3, 0.4) is 0 Å². The first kappa shape index (κ1) is 15.3. The van der Waals surface area contributed by atoms with Crippen LogP contribution in [0.25, 0.3) is 10.2 Å². The van der Waals surface area contributed by atoms with Gasteiger partial charge in [0.15, 0.2) is 5.13 Å². The van der Waals surface area contributed by atoms with E-state index < -0.39 is 0 Å². The molecule has 3 aromatic rings. The summed E-state index contributed by atoms with van der Waals surface area (Å²) in [6, 6.07) is 13.1. The molecule has 0 saturated heterocycles. The highest BCUT2D eigenvalue weighted by atomic mass is 32.1.